The Morgan fingerprint density at radius 2 is 1.65 bits per heavy atom. The molecule has 0 unspecified atom stereocenters. The molecule has 4 rings (SSSR count). The SMILES string of the molecule is Cc1cccc(C)c1NC(=O)Nc1ccc(N2CCCN(C(=O)c3ccccc3Cl)CC2)nc1. The van der Waals surface area contributed by atoms with E-state index in [9.17, 15) is 9.59 Å². The topological polar surface area (TPSA) is 77.6 Å². The number of urea groups is 1. The molecular weight excluding hydrogens is 450 g/mol. The van der Waals surface area contributed by atoms with Gasteiger partial charge in [-0.2, -0.15) is 0 Å². The minimum atomic E-state index is -0.310. The molecule has 0 spiro atoms. The highest BCUT2D eigenvalue weighted by atomic mass is 35.5. The second-order valence-corrected chi connectivity index (χ2v) is 8.77. The monoisotopic (exact) mass is 477 g/mol. The van der Waals surface area contributed by atoms with Gasteiger partial charge in [-0.3, -0.25) is 4.79 Å². The molecule has 1 aromatic heterocycles. The maximum Gasteiger partial charge on any atom is 0.323 e. The second kappa shape index (κ2) is 10.6. The Kier molecular flexibility index (Phi) is 7.33. The molecule has 2 heterocycles. The Bertz CT molecular complexity index is 1160. The number of nitrogens with zero attached hydrogens (tertiary/aromatic N) is 3. The van der Waals surface area contributed by atoms with Crippen LogP contribution in [0.4, 0.5) is 22.0 Å². The number of hydrogen-bond donors (Lipinski definition) is 2. The molecular formula is C26H28ClN5O2. The van der Waals surface area contributed by atoms with E-state index in [1.807, 2.05) is 61.2 Å². The van der Waals surface area contributed by atoms with Gasteiger partial charge in [0.15, 0.2) is 0 Å². The summed E-state index contributed by atoms with van der Waals surface area (Å²) in [5, 5.41) is 6.22. The predicted molar refractivity (Wildman–Crippen MR) is 137 cm³/mol. The third kappa shape index (κ3) is 5.48. The van der Waals surface area contributed by atoms with Crippen molar-refractivity contribution in [1.29, 1.82) is 0 Å². The van der Waals surface area contributed by atoms with Gasteiger partial charge < -0.3 is 20.4 Å². The molecule has 8 heteroatoms. The van der Waals surface area contributed by atoms with Gasteiger partial charge in [0.05, 0.1) is 22.5 Å². The van der Waals surface area contributed by atoms with E-state index >= 15 is 0 Å². The van der Waals surface area contributed by atoms with Crippen molar-refractivity contribution in [2.24, 2.45) is 0 Å². The summed E-state index contributed by atoms with van der Waals surface area (Å²) < 4.78 is 0. The van der Waals surface area contributed by atoms with E-state index in [0.717, 1.165) is 35.6 Å². The van der Waals surface area contributed by atoms with E-state index in [-0.39, 0.29) is 11.9 Å². The fourth-order valence-corrected chi connectivity index (χ4v) is 4.31. The first-order valence-corrected chi connectivity index (χ1v) is 11.7. The highest BCUT2D eigenvalue weighted by Crippen LogP contribution is 2.22. The second-order valence-electron chi connectivity index (χ2n) is 8.36. The molecule has 0 saturated carbocycles. The Morgan fingerprint density at radius 1 is 0.882 bits per heavy atom. The molecule has 1 aliphatic heterocycles. The summed E-state index contributed by atoms with van der Waals surface area (Å²) >= 11 is 6.21. The summed E-state index contributed by atoms with van der Waals surface area (Å²) in [6.07, 6.45) is 2.48. The third-order valence-corrected chi connectivity index (χ3v) is 6.27. The molecule has 1 aliphatic rings. The fraction of sp³-hybridized carbons (Fsp3) is 0.269. The Balaban J connectivity index is 1.35. The van der Waals surface area contributed by atoms with Crippen molar-refractivity contribution in [1.82, 2.24) is 9.88 Å². The number of nitrogens with one attached hydrogen (secondary N) is 2. The molecule has 0 radical (unpaired) electrons. The maximum atomic E-state index is 12.9. The van der Waals surface area contributed by atoms with Crippen molar-refractivity contribution in [3.8, 4) is 0 Å². The van der Waals surface area contributed by atoms with Crippen molar-refractivity contribution in [2.75, 3.05) is 41.7 Å². The van der Waals surface area contributed by atoms with E-state index in [0.29, 0.717) is 35.9 Å². The van der Waals surface area contributed by atoms with E-state index < -0.39 is 0 Å². The zero-order chi connectivity index (χ0) is 24.1. The van der Waals surface area contributed by atoms with Gasteiger partial charge in [0.1, 0.15) is 5.82 Å². The first-order chi connectivity index (χ1) is 16.4. The molecule has 7 nitrogen and oxygen atoms in total. The van der Waals surface area contributed by atoms with E-state index in [4.69, 9.17) is 11.6 Å². The van der Waals surface area contributed by atoms with Crippen molar-refractivity contribution in [2.45, 2.75) is 20.3 Å². The van der Waals surface area contributed by atoms with Gasteiger partial charge in [-0.15, -0.1) is 0 Å². The molecule has 0 aliphatic carbocycles. The number of carbonyl (C=O) groups excluding carboxylic acids is 2. The summed E-state index contributed by atoms with van der Waals surface area (Å²) in [6, 6.07) is 16.4. The lowest BCUT2D eigenvalue weighted by molar-refractivity contribution is 0.0767. The van der Waals surface area contributed by atoms with Crippen LogP contribution in [0.2, 0.25) is 5.02 Å². The van der Waals surface area contributed by atoms with Crippen LogP contribution in [-0.2, 0) is 0 Å². The van der Waals surface area contributed by atoms with Crippen LogP contribution in [0.15, 0.2) is 60.8 Å². The fourth-order valence-electron chi connectivity index (χ4n) is 4.09. The predicted octanol–water partition coefficient (Wildman–Crippen LogP) is 5.35. The normalized spacial score (nSPS) is 13.9. The van der Waals surface area contributed by atoms with E-state index in [2.05, 4.69) is 20.5 Å². The standard InChI is InChI=1S/C26H28ClN5O2/c1-18-7-5-8-19(2)24(18)30-26(34)29-20-11-12-23(28-17-20)31-13-6-14-32(16-15-31)25(33)21-9-3-4-10-22(21)27/h3-5,7-12,17H,6,13-16H2,1-2H3,(H2,29,30,34). The van der Waals surface area contributed by atoms with Gasteiger partial charge in [0, 0.05) is 31.9 Å². The maximum absolute atomic E-state index is 12.9. The first-order valence-electron chi connectivity index (χ1n) is 11.3. The largest absolute Gasteiger partial charge is 0.355 e. The minimum absolute atomic E-state index is 0.0464. The van der Waals surface area contributed by atoms with Crippen molar-refractivity contribution in [3.05, 3.63) is 82.5 Å². The summed E-state index contributed by atoms with van der Waals surface area (Å²) in [7, 11) is 0. The number of rotatable bonds is 4. The lowest BCUT2D eigenvalue weighted by Crippen LogP contribution is -2.35. The van der Waals surface area contributed by atoms with Gasteiger partial charge in [-0.25, -0.2) is 9.78 Å². The Labute approximate surface area is 204 Å². The smallest absolute Gasteiger partial charge is 0.323 e. The molecule has 34 heavy (non-hydrogen) atoms. The minimum Gasteiger partial charge on any atom is -0.355 e. The quantitative estimate of drug-likeness (QED) is 0.531. The van der Waals surface area contributed by atoms with Crippen LogP contribution < -0.4 is 15.5 Å². The molecule has 2 aromatic carbocycles. The van der Waals surface area contributed by atoms with Gasteiger partial charge in [0.2, 0.25) is 0 Å². The first kappa shape index (κ1) is 23.6. The van der Waals surface area contributed by atoms with Crippen molar-refractivity contribution in [3.63, 3.8) is 0 Å². The number of carbonyl (C=O) groups is 2. The number of benzene rings is 2. The number of pyridine rings is 1. The van der Waals surface area contributed by atoms with Crippen LogP contribution in [0, 0.1) is 13.8 Å². The molecule has 3 aromatic rings. The molecule has 176 valence electrons. The number of amides is 3. The summed E-state index contributed by atoms with van der Waals surface area (Å²) in [4.78, 5) is 33.9. The Morgan fingerprint density at radius 3 is 2.35 bits per heavy atom. The zero-order valence-electron chi connectivity index (χ0n) is 19.3. The third-order valence-electron chi connectivity index (χ3n) is 5.94. The molecule has 1 saturated heterocycles. The van der Waals surface area contributed by atoms with Crippen LogP contribution in [0.25, 0.3) is 0 Å². The number of aryl methyl sites for hydroxylation is 2. The number of halogens is 1. The van der Waals surface area contributed by atoms with Crippen LogP contribution in [0.3, 0.4) is 0 Å². The van der Waals surface area contributed by atoms with Crippen LogP contribution in [0.5, 0.6) is 0 Å². The van der Waals surface area contributed by atoms with Gasteiger partial charge in [-0.05, 0) is 55.7 Å². The van der Waals surface area contributed by atoms with E-state index in [1.165, 1.54) is 0 Å². The number of hydrogen-bond acceptors (Lipinski definition) is 4. The molecule has 3 amide bonds. The highest BCUT2D eigenvalue weighted by Gasteiger charge is 2.22. The highest BCUT2D eigenvalue weighted by molar-refractivity contribution is 6.33. The Hall–Kier alpha value is -3.58. The van der Waals surface area contributed by atoms with Gasteiger partial charge >= 0.3 is 6.03 Å². The summed E-state index contributed by atoms with van der Waals surface area (Å²) in [6.45, 7) is 6.64. The average Bonchev–Trinajstić information content (AvgIpc) is 3.08. The van der Waals surface area contributed by atoms with Gasteiger partial charge in [0.25, 0.3) is 5.91 Å². The number of para-hydroxylation sites is 1. The summed E-state index contributed by atoms with van der Waals surface area (Å²) in [5.74, 6) is 0.766. The van der Waals surface area contributed by atoms with Crippen LogP contribution in [0.1, 0.15) is 27.9 Å². The molecule has 0 atom stereocenters. The molecule has 1 fully saturated rings. The lowest BCUT2D eigenvalue weighted by Gasteiger charge is -2.23. The van der Waals surface area contributed by atoms with Crippen molar-refractivity contribution >= 4 is 40.7 Å². The lowest BCUT2D eigenvalue weighted by atomic mass is 10.1. The van der Waals surface area contributed by atoms with Crippen molar-refractivity contribution < 1.29 is 9.59 Å². The van der Waals surface area contributed by atoms with Crippen LogP contribution in [-0.4, -0.2) is 48.0 Å². The van der Waals surface area contributed by atoms with Gasteiger partial charge in [-0.1, -0.05) is 41.9 Å². The number of aromatic nitrogens is 1. The average molecular weight is 478 g/mol. The number of anilines is 3. The summed E-state index contributed by atoms with van der Waals surface area (Å²) in [5.41, 5.74) is 3.96. The molecule has 0 bridgehead atoms. The zero-order valence-corrected chi connectivity index (χ0v) is 20.1. The molecule has 2 N–H and O–H groups in total. The van der Waals surface area contributed by atoms with E-state index in [1.54, 1.807) is 18.3 Å². The van der Waals surface area contributed by atoms with Crippen LogP contribution >= 0.6 is 11.6 Å².